The van der Waals surface area contributed by atoms with Gasteiger partial charge in [-0.3, -0.25) is 9.48 Å². The van der Waals surface area contributed by atoms with Crippen LogP contribution in [0.1, 0.15) is 32.9 Å². The highest BCUT2D eigenvalue weighted by atomic mass is 79.9. The number of hydrogen-bond acceptors (Lipinski definition) is 3. The maximum atomic E-state index is 14.1. The van der Waals surface area contributed by atoms with Crippen LogP contribution < -0.4 is 10.1 Å². The first kappa shape index (κ1) is 26.3. The van der Waals surface area contributed by atoms with E-state index >= 15 is 0 Å². The number of anilines is 1. The Morgan fingerprint density at radius 3 is 2.27 bits per heavy atom. The van der Waals surface area contributed by atoms with Gasteiger partial charge in [0.1, 0.15) is 12.4 Å². The van der Waals surface area contributed by atoms with Crippen molar-refractivity contribution in [1.29, 1.82) is 0 Å². The summed E-state index contributed by atoms with van der Waals surface area (Å²) < 4.78 is 76.5. The van der Waals surface area contributed by atoms with Gasteiger partial charge in [0.05, 0.1) is 29.2 Å². The maximum Gasteiger partial charge on any atom is 0.255 e. The summed E-state index contributed by atoms with van der Waals surface area (Å²) in [5.41, 5.74) is 0.847. The van der Waals surface area contributed by atoms with E-state index in [0.29, 0.717) is 17.0 Å². The molecule has 192 valence electrons. The van der Waals surface area contributed by atoms with Gasteiger partial charge in [0.2, 0.25) is 5.82 Å². The lowest BCUT2D eigenvalue weighted by Gasteiger charge is -2.11. The molecule has 0 aliphatic heterocycles. The summed E-state index contributed by atoms with van der Waals surface area (Å²) in [7, 11) is 0. The molecular formula is C26H19BrF5N3O2. The van der Waals surface area contributed by atoms with Crippen molar-refractivity contribution in [1.82, 2.24) is 9.78 Å². The molecule has 0 saturated carbocycles. The van der Waals surface area contributed by atoms with Crippen LogP contribution >= 0.6 is 15.9 Å². The topological polar surface area (TPSA) is 56.2 Å². The molecule has 1 amide bonds. The second-order valence-electron chi connectivity index (χ2n) is 8.15. The van der Waals surface area contributed by atoms with Gasteiger partial charge < -0.3 is 10.1 Å². The monoisotopic (exact) mass is 579 g/mol. The predicted molar refractivity (Wildman–Crippen MR) is 130 cm³/mol. The Morgan fingerprint density at radius 2 is 1.59 bits per heavy atom. The average Bonchev–Trinajstić information content (AvgIpc) is 3.15. The second kappa shape index (κ2) is 10.7. The quantitative estimate of drug-likeness (QED) is 0.148. The van der Waals surface area contributed by atoms with Crippen LogP contribution in [-0.2, 0) is 13.2 Å². The number of hydrogen-bond donors (Lipinski definition) is 1. The molecule has 11 heteroatoms. The molecule has 1 heterocycles. The number of carbonyl (C=O) groups excluding carboxylic acids is 1. The molecule has 5 nitrogen and oxygen atoms in total. The predicted octanol–water partition coefficient (Wildman–Crippen LogP) is 6.84. The molecule has 0 radical (unpaired) electrons. The number of benzene rings is 3. The van der Waals surface area contributed by atoms with E-state index in [0.717, 1.165) is 14.7 Å². The van der Waals surface area contributed by atoms with E-state index in [1.54, 1.807) is 37.3 Å². The molecule has 0 fully saturated rings. The maximum absolute atomic E-state index is 14.1. The molecule has 0 saturated heterocycles. The SMILES string of the molecule is Cc1nn(Cc2c(F)c(F)c(F)c(F)c2F)c(C)c1NC(=O)c1cccc(COc2cccc(Br)c2)c1. The molecule has 0 atom stereocenters. The Labute approximate surface area is 217 Å². The van der Waals surface area contributed by atoms with Gasteiger partial charge in [0, 0.05) is 10.0 Å². The van der Waals surface area contributed by atoms with Crippen LogP contribution in [0.15, 0.2) is 53.0 Å². The number of nitrogens with one attached hydrogen (secondary N) is 1. The second-order valence-corrected chi connectivity index (χ2v) is 9.07. The number of ether oxygens (including phenoxy) is 1. The number of carbonyl (C=O) groups is 1. The number of rotatable bonds is 7. The van der Waals surface area contributed by atoms with Crippen LogP contribution in [0.2, 0.25) is 0 Å². The minimum absolute atomic E-state index is 0.218. The van der Waals surface area contributed by atoms with Gasteiger partial charge in [-0.05, 0) is 49.7 Å². The van der Waals surface area contributed by atoms with Crippen molar-refractivity contribution in [2.45, 2.75) is 27.0 Å². The first-order chi connectivity index (χ1) is 17.6. The van der Waals surface area contributed by atoms with Crippen molar-refractivity contribution >= 4 is 27.5 Å². The summed E-state index contributed by atoms with van der Waals surface area (Å²) in [5, 5.41) is 6.82. The summed E-state index contributed by atoms with van der Waals surface area (Å²) in [4.78, 5) is 12.9. The van der Waals surface area contributed by atoms with Crippen LogP contribution in [-0.4, -0.2) is 15.7 Å². The number of aromatic nitrogens is 2. The van der Waals surface area contributed by atoms with Gasteiger partial charge >= 0.3 is 0 Å². The van der Waals surface area contributed by atoms with E-state index < -0.39 is 47.1 Å². The Kier molecular flexibility index (Phi) is 7.63. The van der Waals surface area contributed by atoms with Gasteiger partial charge in [-0.15, -0.1) is 0 Å². The van der Waals surface area contributed by atoms with Gasteiger partial charge in [-0.25, -0.2) is 22.0 Å². The number of aryl methyl sites for hydroxylation is 1. The zero-order chi connectivity index (χ0) is 26.9. The van der Waals surface area contributed by atoms with Crippen molar-refractivity contribution in [2.75, 3.05) is 5.32 Å². The van der Waals surface area contributed by atoms with Gasteiger partial charge in [-0.2, -0.15) is 5.10 Å². The van der Waals surface area contributed by atoms with Crippen LogP contribution in [0.5, 0.6) is 5.75 Å². The lowest BCUT2D eigenvalue weighted by atomic mass is 10.1. The molecule has 0 bridgehead atoms. The smallest absolute Gasteiger partial charge is 0.255 e. The first-order valence-electron chi connectivity index (χ1n) is 10.9. The summed E-state index contributed by atoms with van der Waals surface area (Å²) >= 11 is 3.37. The van der Waals surface area contributed by atoms with E-state index in [1.165, 1.54) is 6.92 Å². The molecule has 0 spiro atoms. The molecule has 1 aromatic heterocycles. The third kappa shape index (κ3) is 5.51. The lowest BCUT2D eigenvalue weighted by Crippen LogP contribution is -2.15. The summed E-state index contributed by atoms with van der Waals surface area (Å²) in [6.45, 7) is 2.54. The largest absolute Gasteiger partial charge is 0.489 e. The van der Waals surface area contributed by atoms with Crippen molar-refractivity contribution < 1.29 is 31.5 Å². The molecule has 0 unspecified atom stereocenters. The van der Waals surface area contributed by atoms with Gasteiger partial charge in [-0.1, -0.05) is 34.1 Å². The molecule has 3 aromatic carbocycles. The van der Waals surface area contributed by atoms with Gasteiger partial charge in [0.15, 0.2) is 23.3 Å². The van der Waals surface area contributed by atoms with E-state index in [2.05, 4.69) is 26.3 Å². The highest BCUT2D eigenvalue weighted by Crippen LogP contribution is 2.27. The van der Waals surface area contributed by atoms with Gasteiger partial charge in [0.25, 0.3) is 5.91 Å². The fraction of sp³-hybridized carbons (Fsp3) is 0.154. The van der Waals surface area contributed by atoms with Crippen molar-refractivity contribution in [3.8, 4) is 5.75 Å². The van der Waals surface area contributed by atoms with Crippen molar-refractivity contribution in [3.05, 3.63) is 110 Å². The third-order valence-corrected chi connectivity index (χ3v) is 6.11. The molecule has 1 N–H and O–H groups in total. The molecule has 37 heavy (non-hydrogen) atoms. The average molecular weight is 580 g/mol. The van der Waals surface area contributed by atoms with E-state index in [1.807, 2.05) is 18.2 Å². The van der Waals surface area contributed by atoms with Crippen molar-refractivity contribution in [3.63, 3.8) is 0 Å². The number of halogens is 6. The first-order valence-corrected chi connectivity index (χ1v) is 11.7. The fourth-order valence-corrected chi connectivity index (χ4v) is 4.06. The van der Waals surface area contributed by atoms with Crippen LogP contribution in [0.4, 0.5) is 27.6 Å². The van der Waals surface area contributed by atoms with E-state index in [9.17, 15) is 26.7 Å². The van der Waals surface area contributed by atoms with Crippen molar-refractivity contribution in [2.24, 2.45) is 0 Å². The van der Waals surface area contributed by atoms with Crippen LogP contribution in [0.25, 0.3) is 0 Å². The number of amides is 1. The Hall–Kier alpha value is -3.73. The Morgan fingerprint density at radius 1 is 0.946 bits per heavy atom. The fourth-order valence-electron chi connectivity index (χ4n) is 3.68. The van der Waals surface area contributed by atoms with E-state index in [-0.39, 0.29) is 18.0 Å². The van der Waals surface area contributed by atoms with Crippen LogP contribution in [0, 0.1) is 42.9 Å². The summed E-state index contributed by atoms with van der Waals surface area (Å²) in [6.07, 6.45) is 0. The molecule has 0 aliphatic carbocycles. The lowest BCUT2D eigenvalue weighted by molar-refractivity contribution is 0.102. The summed E-state index contributed by atoms with van der Waals surface area (Å²) in [5.74, 6) is -10.00. The normalized spacial score (nSPS) is 11.0. The molecular weight excluding hydrogens is 561 g/mol. The Balaban J connectivity index is 1.52. The standard InChI is InChI=1S/C26H19BrF5N3O2/c1-13-25(14(2)35(34-13)11-19-20(28)22(30)24(32)23(31)21(19)29)33-26(36)16-6-3-5-15(9-16)12-37-18-8-4-7-17(27)10-18/h3-10H,11-12H2,1-2H3,(H,33,36). The minimum atomic E-state index is -2.23. The zero-order valence-electron chi connectivity index (χ0n) is 19.5. The molecule has 4 aromatic rings. The third-order valence-electron chi connectivity index (χ3n) is 5.62. The Bertz CT molecular complexity index is 1480. The van der Waals surface area contributed by atoms with E-state index in [4.69, 9.17) is 4.74 Å². The molecule has 0 aliphatic rings. The highest BCUT2D eigenvalue weighted by Gasteiger charge is 2.27. The highest BCUT2D eigenvalue weighted by molar-refractivity contribution is 9.10. The van der Waals surface area contributed by atoms with Crippen LogP contribution in [0.3, 0.4) is 0 Å². The zero-order valence-corrected chi connectivity index (χ0v) is 21.1. The number of nitrogens with zero attached hydrogens (tertiary/aromatic N) is 2. The minimum Gasteiger partial charge on any atom is -0.489 e. The summed E-state index contributed by atoms with van der Waals surface area (Å²) in [6, 6.07) is 14.1. The molecule has 4 rings (SSSR count).